The lowest BCUT2D eigenvalue weighted by molar-refractivity contribution is 0.122. The fourth-order valence-electron chi connectivity index (χ4n) is 4.89. The van der Waals surface area contributed by atoms with E-state index in [1.165, 1.54) is 0 Å². The third-order valence-electron chi connectivity index (χ3n) is 7.05. The number of nitrogens with zero attached hydrogens (tertiary/aromatic N) is 6. The van der Waals surface area contributed by atoms with Gasteiger partial charge in [-0.05, 0) is 37.4 Å². The van der Waals surface area contributed by atoms with Crippen LogP contribution in [0.2, 0.25) is 5.02 Å². The Morgan fingerprint density at radius 3 is 2.46 bits per heavy atom. The number of benzene rings is 2. The second-order valence-corrected chi connectivity index (χ2v) is 9.93. The highest BCUT2D eigenvalue weighted by atomic mass is 35.5. The molecule has 4 heterocycles. The number of hydrogen-bond donors (Lipinski definition) is 1. The van der Waals surface area contributed by atoms with Gasteiger partial charge in [-0.15, -0.1) is 0 Å². The maximum absolute atomic E-state index is 6.63. The summed E-state index contributed by atoms with van der Waals surface area (Å²) in [6.45, 7) is 7.23. The molecular formula is C28H30ClN7O. The molecule has 2 aromatic carbocycles. The van der Waals surface area contributed by atoms with Gasteiger partial charge in [0.1, 0.15) is 5.82 Å². The summed E-state index contributed by atoms with van der Waals surface area (Å²) < 4.78 is 5.46. The molecule has 0 aliphatic carbocycles. The molecule has 1 N–H and O–H groups in total. The van der Waals surface area contributed by atoms with E-state index < -0.39 is 0 Å². The molecule has 4 aromatic rings. The van der Waals surface area contributed by atoms with Crippen molar-refractivity contribution in [2.45, 2.75) is 0 Å². The van der Waals surface area contributed by atoms with Crippen molar-refractivity contribution in [2.24, 2.45) is 0 Å². The van der Waals surface area contributed by atoms with Gasteiger partial charge >= 0.3 is 0 Å². The number of para-hydroxylation sites is 1. The molecule has 0 unspecified atom stereocenters. The molecule has 0 amide bonds. The smallest absolute Gasteiger partial charge is 0.227 e. The first-order valence-electron chi connectivity index (χ1n) is 12.7. The first kappa shape index (κ1) is 23.9. The molecule has 2 aromatic heterocycles. The summed E-state index contributed by atoms with van der Waals surface area (Å²) in [6, 6.07) is 16.4. The molecule has 0 radical (unpaired) electrons. The number of ether oxygens (including phenoxy) is 1. The van der Waals surface area contributed by atoms with Gasteiger partial charge in [0, 0.05) is 73.9 Å². The number of rotatable bonds is 5. The molecule has 2 saturated heterocycles. The summed E-state index contributed by atoms with van der Waals surface area (Å²) in [7, 11) is 2.16. The van der Waals surface area contributed by atoms with Crippen molar-refractivity contribution in [3.05, 3.63) is 65.9 Å². The second-order valence-electron chi connectivity index (χ2n) is 9.52. The topological polar surface area (TPSA) is 69.7 Å². The van der Waals surface area contributed by atoms with Crippen LogP contribution < -0.4 is 15.1 Å². The number of likely N-dealkylation sites (N-methyl/N-ethyl adjacent to an activating group) is 1. The molecule has 37 heavy (non-hydrogen) atoms. The molecule has 190 valence electrons. The summed E-state index contributed by atoms with van der Waals surface area (Å²) >= 11 is 6.63. The van der Waals surface area contributed by atoms with Gasteiger partial charge in [-0.1, -0.05) is 29.8 Å². The lowest BCUT2D eigenvalue weighted by atomic mass is 10.0. The average Bonchev–Trinajstić information content (AvgIpc) is 2.94. The molecule has 2 aliphatic rings. The summed E-state index contributed by atoms with van der Waals surface area (Å²) in [6.07, 6.45) is 3.80. The van der Waals surface area contributed by atoms with E-state index in [4.69, 9.17) is 26.3 Å². The van der Waals surface area contributed by atoms with Crippen LogP contribution in [0.15, 0.2) is 60.9 Å². The number of anilines is 4. The molecule has 6 rings (SSSR count). The van der Waals surface area contributed by atoms with Crippen molar-refractivity contribution in [3.63, 3.8) is 0 Å². The monoisotopic (exact) mass is 515 g/mol. The van der Waals surface area contributed by atoms with Crippen LogP contribution >= 0.6 is 11.6 Å². The Labute approximate surface area is 221 Å². The van der Waals surface area contributed by atoms with Gasteiger partial charge in [0.05, 0.1) is 29.4 Å². The van der Waals surface area contributed by atoms with E-state index in [-0.39, 0.29) is 0 Å². The van der Waals surface area contributed by atoms with Crippen LogP contribution in [-0.2, 0) is 4.74 Å². The Bertz CT molecular complexity index is 1380. The highest BCUT2D eigenvalue weighted by Gasteiger charge is 2.17. The van der Waals surface area contributed by atoms with E-state index in [1.807, 2.05) is 42.7 Å². The van der Waals surface area contributed by atoms with E-state index in [1.54, 1.807) is 0 Å². The van der Waals surface area contributed by atoms with Crippen molar-refractivity contribution in [2.75, 3.05) is 74.6 Å². The molecule has 0 spiro atoms. The van der Waals surface area contributed by atoms with Crippen LogP contribution in [0.25, 0.3) is 22.0 Å². The Kier molecular flexibility index (Phi) is 6.78. The predicted molar refractivity (Wildman–Crippen MR) is 150 cm³/mol. The minimum Gasteiger partial charge on any atom is -0.378 e. The molecule has 8 nitrogen and oxygen atoms in total. The van der Waals surface area contributed by atoms with Gasteiger partial charge in [0.2, 0.25) is 5.95 Å². The molecule has 2 fully saturated rings. The number of piperazine rings is 1. The van der Waals surface area contributed by atoms with E-state index in [0.29, 0.717) is 11.0 Å². The van der Waals surface area contributed by atoms with Gasteiger partial charge in [-0.3, -0.25) is 0 Å². The van der Waals surface area contributed by atoms with E-state index in [2.05, 4.69) is 50.2 Å². The zero-order valence-electron chi connectivity index (χ0n) is 20.9. The quantitative estimate of drug-likeness (QED) is 0.411. The Morgan fingerprint density at radius 1 is 0.865 bits per heavy atom. The first-order valence-corrected chi connectivity index (χ1v) is 13.1. The molecule has 0 atom stereocenters. The summed E-state index contributed by atoms with van der Waals surface area (Å²) in [5, 5.41) is 5.00. The van der Waals surface area contributed by atoms with E-state index in [0.717, 1.165) is 91.7 Å². The summed E-state index contributed by atoms with van der Waals surface area (Å²) in [5.74, 6) is 1.55. The van der Waals surface area contributed by atoms with Gasteiger partial charge in [0.25, 0.3) is 0 Å². The highest BCUT2D eigenvalue weighted by molar-refractivity contribution is 6.33. The zero-order valence-corrected chi connectivity index (χ0v) is 21.7. The standard InChI is InChI=1S/C28H30ClN7O/c1-34-9-11-36(12-10-34)26-8-5-20(18-30-26)23-4-2-3-21-19-31-28(33-27(21)23)32-22-6-7-25(24(29)17-22)35-13-15-37-16-14-35/h2-8,17-19H,9-16H2,1H3,(H,31,32,33). The SMILES string of the molecule is CN1CCN(c2ccc(-c3cccc4cnc(Nc5ccc(N6CCOCC6)c(Cl)c5)nc34)cn2)CC1. The minimum absolute atomic E-state index is 0.525. The average molecular weight is 516 g/mol. The zero-order chi connectivity index (χ0) is 25.2. The summed E-state index contributed by atoms with van der Waals surface area (Å²) in [5.41, 5.74) is 4.80. The second kappa shape index (κ2) is 10.5. The fraction of sp³-hybridized carbons (Fsp3) is 0.321. The van der Waals surface area contributed by atoms with Crippen molar-refractivity contribution in [3.8, 4) is 11.1 Å². The molecular weight excluding hydrogens is 486 g/mol. The van der Waals surface area contributed by atoms with Crippen molar-refractivity contribution < 1.29 is 4.74 Å². The largest absolute Gasteiger partial charge is 0.378 e. The van der Waals surface area contributed by atoms with Crippen LogP contribution in [0.1, 0.15) is 0 Å². The predicted octanol–water partition coefficient (Wildman–Crippen LogP) is 4.68. The van der Waals surface area contributed by atoms with Crippen LogP contribution in [0.4, 0.5) is 23.1 Å². The van der Waals surface area contributed by atoms with Crippen LogP contribution in [0.3, 0.4) is 0 Å². The van der Waals surface area contributed by atoms with Crippen molar-refractivity contribution in [1.82, 2.24) is 19.9 Å². The van der Waals surface area contributed by atoms with Crippen molar-refractivity contribution >= 4 is 45.6 Å². The normalized spacial score (nSPS) is 16.8. The third-order valence-corrected chi connectivity index (χ3v) is 7.36. The molecule has 0 bridgehead atoms. The summed E-state index contributed by atoms with van der Waals surface area (Å²) in [4.78, 5) is 21.1. The van der Waals surface area contributed by atoms with Crippen molar-refractivity contribution in [1.29, 1.82) is 0 Å². The van der Waals surface area contributed by atoms with Crippen LogP contribution in [0, 0.1) is 0 Å². The van der Waals surface area contributed by atoms with Gasteiger partial charge < -0.3 is 24.8 Å². The third kappa shape index (κ3) is 5.18. The fourth-order valence-corrected chi connectivity index (χ4v) is 5.19. The van der Waals surface area contributed by atoms with E-state index in [9.17, 15) is 0 Å². The van der Waals surface area contributed by atoms with Gasteiger partial charge in [-0.25, -0.2) is 15.0 Å². The minimum atomic E-state index is 0.525. The number of morpholine rings is 1. The number of pyridine rings is 1. The number of hydrogen-bond acceptors (Lipinski definition) is 8. The molecule has 0 saturated carbocycles. The molecule has 9 heteroatoms. The highest BCUT2D eigenvalue weighted by Crippen LogP contribution is 2.32. The number of fused-ring (bicyclic) bond motifs is 1. The number of nitrogens with one attached hydrogen (secondary N) is 1. The Hall–Kier alpha value is -3.46. The van der Waals surface area contributed by atoms with E-state index >= 15 is 0 Å². The lowest BCUT2D eigenvalue weighted by Gasteiger charge is -2.33. The Morgan fingerprint density at radius 2 is 1.70 bits per heavy atom. The van der Waals surface area contributed by atoms with Gasteiger partial charge in [0.15, 0.2) is 0 Å². The number of halogens is 1. The first-order chi connectivity index (χ1) is 18.1. The van der Waals surface area contributed by atoms with Crippen LogP contribution in [-0.4, -0.2) is 79.4 Å². The van der Waals surface area contributed by atoms with Crippen LogP contribution in [0.5, 0.6) is 0 Å². The number of aromatic nitrogens is 3. The maximum atomic E-state index is 6.63. The Balaban J connectivity index is 1.24. The molecule has 2 aliphatic heterocycles. The maximum Gasteiger partial charge on any atom is 0.227 e. The lowest BCUT2D eigenvalue weighted by Crippen LogP contribution is -2.44. The van der Waals surface area contributed by atoms with Gasteiger partial charge in [-0.2, -0.15) is 0 Å².